The summed E-state index contributed by atoms with van der Waals surface area (Å²) in [6, 6.07) is 2.07. The van der Waals surface area contributed by atoms with Crippen molar-refractivity contribution >= 4 is 0 Å². The highest BCUT2D eigenvalue weighted by Gasteiger charge is 2.22. The molecule has 0 aromatic heterocycles. The molecule has 0 aliphatic carbocycles. The van der Waals surface area contributed by atoms with Crippen LogP contribution in [0.25, 0.3) is 0 Å². The van der Waals surface area contributed by atoms with Crippen LogP contribution in [-0.2, 0) is 0 Å². The van der Waals surface area contributed by atoms with E-state index in [1.54, 1.807) is 13.8 Å². The SMILES string of the molecule is CC(C)(C#N)CCOc1c(F)c(F)cc(F)c1F. The van der Waals surface area contributed by atoms with E-state index in [4.69, 9.17) is 5.26 Å². The number of ether oxygens (including phenoxy) is 1. The van der Waals surface area contributed by atoms with Gasteiger partial charge in [0, 0.05) is 6.07 Å². The first kappa shape index (κ1) is 14.3. The van der Waals surface area contributed by atoms with Crippen LogP contribution < -0.4 is 4.74 Å². The van der Waals surface area contributed by atoms with Gasteiger partial charge in [-0.25, -0.2) is 8.78 Å². The predicted octanol–water partition coefficient (Wildman–Crippen LogP) is 3.56. The molecule has 2 nitrogen and oxygen atoms in total. The average molecular weight is 261 g/mol. The number of hydrogen-bond acceptors (Lipinski definition) is 2. The summed E-state index contributed by atoms with van der Waals surface area (Å²) in [5, 5.41) is 8.71. The molecule has 0 N–H and O–H groups in total. The highest BCUT2D eigenvalue weighted by Crippen LogP contribution is 2.27. The van der Waals surface area contributed by atoms with Gasteiger partial charge in [0.1, 0.15) is 0 Å². The van der Waals surface area contributed by atoms with Crippen molar-refractivity contribution < 1.29 is 22.3 Å². The summed E-state index contributed by atoms with van der Waals surface area (Å²) in [5.41, 5.74) is -0.751. The topological polar surface area (TPSA) is 33.0 Å². The van der Waals surface area contributed by atoms with E-state index >= 15 is 0 Å². The molecule has 0 saturated carbocycles. The van der Waals surface area contributed by atoms with Gasteiger partial charge in [0.15, 0.2) is 17.4 Å². The van der Waals surface area contributed by atoms with Crippen molar-refractivity contribution in [1.82, 2.24) is 0 Å². The van der Waals surface area contributed by atoms with E-state index in [1.165, 1.54) is 0 Å². The van der Waals surface area contributed by atoms with Crippen LogP contribution in [0.15, 0.2) is 6.07 Å². The maximum atomic E-state index is 13.2. The molecular formula is C12H11F4NO. The van der Waals surface area contributed by atoms with E-state index in [0.29, 0.717) is 0 Å². The van der Waals surface area contributed by atoms with Gasteiger partial charge >= 0.3 is 0 Å². The first-order chi connectivity index (χ1) is 8.28. The lowest BCUT2D eigenvalue weighted by atomic mass is 9.92. The van der Waals surface area contributed by atoms with Gasteiger partial charge in [-0.05, 0) is 20.3 Å². The zero-order valence-electron chi connectivity index (χ0n) is 9.86. The number of halogens is 4. The summed E-state index contributed by atoms with van der Waals surface area (Å²) in [5.74, 6) is -7.31. The Morgan fingerprint density at radius 3 is 2.11 bits per heavy atom. The Morgan fingerprint density at radius 2 is 1.67 bits per heavy atom. The van der Waals surface area contributed by atoms with E-state index in [2.05, 4.69) is 4.74 Å². The molecule has 0 unspecified atom stereocenters. The lowest BCUT2D eigenvalue weighted by Crippen LogP contribution is -2.14. The molecule has 0 radical (unpaired) electrons. The molecule has 1 aromatic carbocycles. The highest BCUT2D eigenvalue weighted by atomic mass is 19.2. The van der Waals surface area contributed by atoms with Crippen LogP contribution in [0.4, 0.5) is 17.6 Å². The minimum atomic E-state index is -1.58. The van der Waals surface area contributed by atoms with Crippen molar-refractivity contribution in [3.8, 4) is 11.8 Å². The van der Waals surface area contributed by atoms with Crippen molar-refractivity contribution in [3.63, 3.8) is 0 Å². The second-order valence-electron chi connectivity index (χ2n) is 4.39. The van der Waals surface area contributed by atoms with E-state index in [1.807, 2.05) is 6.07 Å². The van der Waals surface area contributed by atoms with Gasteiger partial charge in [-0.15, -0.1) is 0 Å². The molecule has 18 heavy (non-hydrogen) atoms. The summed E-state index contributed by atoms with van der Waals surface area (Å²) in [4.78, 5) is 0. The van der Waals surface area contributed by atoms with Crippen molar-refractivity contribution in [2.45, 2.75) is 20.3 Å². The van der Waals surface area contributed by atoms with Gasteiger partial charge in [0.2, 0.25) is 11.6 Å². The van der Waals surface area contributed by atoms with Gasteiger partial charge in [0.25, 0.3) is 0 Å². The number of benzene rings is 1. The lowest BCUT2D eigenvalue weighted by Gasteiger charge is -2.16. The Hall–Kier alpha value is -1.77. The molecule has 0 fully saturated rings. The normalized spacial score (nSPS) is 11.2. The number of hydrogen-bond donors (Lipinski definition) is 0. The third-order valence-electron chi connectivity index (χ3n) is 2.35. The first-order valence-electron chi connectivity index (χ1n) is 5.15. The molecule has 1 rings (SSSR count). The molecule has 1 aromatic rings. The van der Waals surface area contributed by atoms with Gasteiger partial charge in [0.05, 0.1) is 18.1 Å². The Labute approximate surface area is 102 Å². The van der Waals surface area contributed by atoms with E-state index < -0.39 is 34.4 Å². The van der Waals surface area contributed by atoms with E-state index in [-0.39, 0.29) is 19.1 Å². The van der Waals surface area contributed by atoms with E-state index in [0.717, 1.165) is 0 Å². The summed E-state index contributed by atoms with van der Waals surface area (Å²) in [6.45, 7) is 2.99. The fourth-order valence-electron chi connectivity index (χ4n) is 1.14. The molecule has 0 saturated heterocycles. The summed E-state index contributed by atoms with van der Waals surface area (Å²) < 4.78 is 56.7. The Bertz CT molecular complexity index is 468. The summed E-state index contributed by atoms with van der Waals surface area (Å²) in [7, 11) is 0. The minimum Gasteiger partial charge on any atom is -0.487 e. The lowest BCUT2D eigenvalue weighted by molar-refractivity contribution is 0.236. The fourth-order valence-corrected chi connectivity index (χ4v) is 1.14. The zero-order chi connectivity index (χ0) is 13.9. The number of nitrogens with zero attached hydrogens (tertiary/aromatic N) is 1. The van der Waals surface area contributed by atoms with Gasteiger partial charge in [-0.2, -0.15) is 14.0 Å². The van der Waals surface area contributed by atoms with Crippen LogP contribution in [0.2, 0.25) is 0 Å². The second-order valence-corrected chi connectivity index (χ2v) is 4.39. The van der Waals surface area contributed by atoms with Gasteiger partial charge in [-0.1, -0.05) is 0 Å². The van der Waals surface area contributed by atoms with Crippen LogP contribution >= 0.6 is 0 Å². The van der Waals surface area contributed by atoms with Crippen LogP contribution in [0.5, 0.6) is 5.75 Å². The molecule has 0 atom stereocenters. The molecule has 0 bridgehead atoms. The second kappa shape index (κ2) is 5.25. The first-order valence-corrected chi connectivity index (χ1v) is 5.15. The average Bonchev–Trinajstić information content (AvgIpc) is 2.31. The Morgan fingerprint density at radius 1 is 1.17 bits per heavy atom. The monoisotopic (exact) mass is 261 g/mol. The Balaban J connectivity index is 2.84. The Kier molecular flexibility index (Phi) is 4.17. The predicted molar refractivity (Wildman–Crippen MR) is 55.8 cm³/mol. The molecule has 0 aliphatic heterocycles. The van der Waals surface area contributed by atoms with Crippen LogP contribution in [0, 0.1) is 40.0 Å². The number of rotatable bonds is 4. The molecule has 0 spiro atoms. The van der Waals surface area contributed by atoms with Crippen LogP contribution in [0.3, 0.4) is 0 Å². The van der Waals surface area contributed by atoms with Crippen molar-refractivity contribution in [1.29, 1.82) is 5.26 Å². The maximum Gasteiger partial charge on any atom is 0.203 e. The van der Waals surface area contributed by atoms with Gasteiger partial charge < -0.3 is 4.74 Å². The molecule has 0 amide bonds. The van der Waals surface area contributed by atoms with Gasteiger partial charge in [-0.3, -0.25) is 0 Å². The van der Waals surface area contributed by atoms with Crippen molar-refractivity contribution in [2.24, 2.45) is 5.41 Å². The van der Waals surface area contributed by atoms with Crippen LogP contribution in [0.1, 0.15) is 20.3 Å². The standard InChI is InChI=1S/C12H11F4NO/c1-12(2,6-17)3-4-18-11-9(15)7(13)5-8(14)10(11)16/h5H,3-4H2,1-2H3. The third-order valence-corrected chi connectivity index (χ3v) is 2.35. The maximum absolute atomic E-state index is 13.2. The molecule has 6 heteroatoms. The summed E-state index contributed by atoms with van der Waals surface area (Å²) in [6.07, 6.45) is 0.167. The quantitative estimate of drug-likeness (QED) is 0.613. The summed E-state index contributed by atoms with van der Waals surface area (Å²) >= 11 is 0. The fraction of sp³-hybridized carbons (Fsp3) is 0.417. The number of nitriles is 1. The van der Waals surface area contributed by atoms with Crippen molar-refractivity contribution in [2.75, 3.05) is 6.61 Å². The zero-order valence-corrected chi connectivity index (χ0v) is 9.86. The van der Waals surface area contributed by atoms with Crippen molar-refractivity contribution in [3.05, 3.63) is 29.3 Å². The largest absolute Gasteiger partial charge is 0.487 e. The van der Waals surface area contributed by atoms with Crippen LogP contribution in [-0.4, -0.2) is 6.61 Å². The van der Waals surface area contributed by atoms with E-state index in [9.17, 15) is 17.6 Å². The molecule has 98 valence electrons. The molecular weight excluding hydrogens is 250 g/mol. The third kappa shape index (κ3) is 3.13. The smallest absolute Gasteiger partial charge is 0.203 e. The molecule has 0 aliphatic rings. The minimum absolute atomic E-state index is 0.108. The highest BCUT2D eigenvalue weighted by molar-refractivity contribution is 5.28. The molecule has 0 heterocycles.